The van der Waals surface area contributed by atoms with Crippen LogP contribution in [0.15, 0.2) is 59.1 Å². The van der Waals surface area contributed by atoms with Crippen molar-refractivity contribution in [2.24, 2.45) is 0 Å². The van der Waals surface area contributed by atoms with Crippen LogP contribution < -0.4 is 19.5 Å². The molecular formula is C22H16BrN2O7-. The Balaban J connectivity index is 1.64. The monoisotopic (exact) mass is 499 g/mol. The van der Waals surface area contributed by atoms with Gasteiger partial charge < -0.3 is 24.3 Å². The number of aliphatic carboxylic acids is 1. The second kappa shape index (κ2) is 8.83. The maximum absolute atomic E-state index is 13.2. The third kappa shape index (κ3) is 4.35. The first-order valence-electron chi connectivity index (χ1n) is 9.54. The van der Waals surface area contributed by atoms with Gasteiger partial charge in [-0.1, -0.05) is 22.0 Å². The molecule has 2 aromatic rings. The molecule has 0 aromatic heterocycles. The van der Waals surface area contributed by atoms with Gasteiger partial charge in [-0.15, -0.1) is 0 Å². The number of nitrogens with zero attached hydrogens (tertiary/aromatic N) is 2. The molecular weight excluding hydrogens is 484 g/mol. The highest BCUT2D eigenvalue weighted by atomic mass is 79.9. The normalized spacial score (nSPS) is 17.3. The van der Waals surface area contributed by atoms with Gasteiger partial charge in [-0.2, -0.15) is 0 Å². The van der Waals surface area contributed by atoms with Gasteiger partial charge in [0.05, 0.1) is 18.1 Å². The molecule has 0 saturated carbocycles. The summed E-state index contributed by atoms with van der Waals surface area (Å²) in [5.41, 5.74) is 0.998. The molecule has 32 heavy (non-hydrogen) atoms. The van der Waals surface area contributed by atoms with E-state index in [1.165, 1.54) is 0 Å². The Bertz CT molecular complexity index is 1130. The Morgan fingerprint density at radius 2 is 1.81 bits per heavy atom. The van der Waals surface area contributed by atoms with E-state index in [1.807, 2.05) is 0 Å². The summed E-state index contributed by atoms with van der Waals surface area (Å²) in [6.45, 7) is 0.0261. The summed E-state index contributed by atoms with van der Waals surface area (Å²) in [6.07, 6.45) is 1.16. The minimum Gasteiger partial charge on any atom is -0.545 e. The molecule has 164 valence electrons. The van der Waals surface area contributed by atoms with Gasteiger partial charge in [0.15, 0.2) is 11.5 Å². The Labute approximate surface area is 190 Å². The summed E-state index contributed by atoms with van der Waals surface area (Å²) in [5, 5.41) is 10.8. The summed E-state index contributed by atoms with van der Waals surface area (Å²) in [6, 6.07) is 10.6. The number of hydrogen-bond acceptors (Lipinski definition) is 7. The second-order valence-electron chi connectivity index (χ2n) is 7.07. The van der Waals surface area contributed by atoms with Crippen molar-refractivity contribution in [3.63, 3.8) is 0 Å². The van der Waals surface area contributed by atoms with Crippen LogP contribution in [0.2, 0.25) is 0 Å². The van der Waals surface area contributed by atoms with Crippen LogP contribution >= 0.6 is 15.9 Å². The van der Waals surface area contributed by atoms with Crippen molar-refractivity contribution in [2.75, 3.05) is 11.7 Å². The average molecular weight is 500 g/mol. The number of carboxylic acid groups (broad SMARTS) is 1. The fourth-order valence-electron chi connectivity index (χ4n) is 3.53. The summed E-state index contributed by atoms with van der Waals surface area (Å²) in [5.74, 6) is -2.28. The van der Waals surface area contributed by atoms with Gasteiger partial charge in [0, 0.05) is 17.1 Å². The molecule has 2 heterocycles. The van der Waals surface area contributed by atoms with Crippen LogP contribution in [-0.2, 0) is 25.7 Å². The molecule has 2 aromatic carbocycles. The van der Waals surface area contributed by atoms with Crippen molar-refractivity contribution in [2.45, 2.75) is 19.0 Å². The molecule has 0 unspecified atom stereocenters. The maximum Gasteiger partial charge on any atom is 0.257 e. The van der Waals surface area contributed by atoms with Crippen LogP contribution in [0, 0.1) is 0 Å². The van der Waals surface area contributed by atoms with E-state index in [9.17, 15) is 24.3 Å². The number of halogens is 1. The molecule has 0 radical (unpaired) electrons. The van der Waals surface area contributed by atoms with Crippen molar-refractivity contribution in [1.29, 1.82) is 0 Å². The van der Waals surface area contributed by atoms with E-state index in [0.717, 1.165) is 20.3 Å². The van der Waals surface area contributed by atoms with Crippen LogP contribution in [0.5, 0.6) is 11.5 Å². The first-order chi connectivity index (χ1) is 15.3. The Hall–Kier alpha value is -3.66. The zero-order valence-electron chi connectivity index (χ0n) is 16.5. The Kier molecular flexibility index (Phi) is 5.95. The number of hydrogen-bond donors (Lipinski definition) is 0. The van der Waals surface area contributed by atoms with Gasteiger partial charge in [0.1, 0.15) is 6.04 Å². The lowest BCUT2D eigenvalue weighted by atomic mass is 10.1. The molecule has 0 bridgehead atoms. The average Bonchev–Trinajstić information content (AvgIpc) is 3.34. The fraction of sp³-hybridized carbons (Fsp3) is 0.182. The van der Waals surface area contributed by atoms with E-state index < -0.39 is 29.7 Å². The molecule has 3 amide bonds. The fourth-order valence-corrected chi connectivity index (χ4v) is 3.80. The number of ether oxygens (including phenoxy) is 2. The molecule has 4 rings (SSSR count). The number of imide groups is 1. The van der Waals surface area contributed by atoms with E-state index in [2.05, 4.69) is 15.9 Å². The first-order valence-corrected chi connectivity index (χ1v) is 10.3. The van der Waals surface area contributed by atoms with Crippen LogP contribution in [0.25, 0.3) is 0 Å². The zero-order valence-corrected chi connectivity index (χ0v) is 18.1. The molecule has 0 spiro atoms. The van der Waals surface area contributed by atoms with Gasteiger partial charge in [-0.05, 0) is 48.0 Å². The highest BCUT2D eigenvalue weighted by Gasteiger charge is 2.44. The van der Waals surface area contributed by atoms with E-state index >= 15 is 0 Å². The highest BCUT2D eigenvalue weighted by Crippen LogP contribution is 2.34. The third-order valence-corrected chi connectivity index (χ3v) is 5.55. The van der Waals surface area contributed by atoms with E-state index in [0.29, 0.717) is 28.8 Å². The van der Waals surface area contributed by atoms with Crippen molar-refractivity contribution in [3.8, 4) is 11.5 Å². The molecule has 1 fully saturated rings. The topological polar surface area (TPSA) is 116 Å². The molecule has 1 atom stereocenters. The largest absolute Gasteiger partial charge is 0.545 e. The van der Waals surface area contributed by atoms with Crippen molar-refractivity contribution in [1.82, 2.24) is 4.90 Å². The van der Waals surface area contributed by atoms with Gasteiger partial charge in [0.25, 0.3) is 5.91 Å². The summed E-state index contributed by atoms with van der Waals surface area (Å²) in [7, 11) is 0. The van der Waals surface area contributed by atoms with Gasteiger partial charge in [-0.3, -0.25) is 14.4 Å². The van der Waals surface area contributed by atoms with Gasteiger partial charge >= 0.3 is 0 Å². The standard InChI is InChI=1S/C22H17BrN2O7/c23-14-2-4-15(5-3-14)25-20(27)10-16(22(25)30)24(19(26)7-8-21(28)29)11-13-1-6-17-18(9-13)32-12-31-17/h1-9,16H,10-12H2,(H,28,29)/p-1/b8-7+/t16-/m0/s1. The second-order valence-corrected chi connectivity index (χ2v) is 7.99. The molecule has 2 aliphatic heterocycles. The predicted octanol–water partition coefficient (Wildman–Crippen LogP) is 1.14. The molecule has 9 nitrogen and oxygen atoms in total. The number of carbonyl (C=O) groups is 4. The third-order valence-electron chi connectivity index (χ3n) is 5.02. The zero-order chi connectivity index (χ0) is 22.8. The lowest BCUT2D eigenvalue weighted by molar-refractivity contribution is -0.297. The van der Waals surface area contributed by atoms with E-state index in [-0.39, 0.29) is 19.8 Å². The van der Waals surface area contributed by atoms with Crippen LogP contribution in [0.1, 0.15) is 12.0 Å². The highest BCUT2D eigenvalue weighted by molar-refractivity contribution is 9.10. The van der Waals surface area contributed by atoms with Crippen LogP contribution in [-0.4, -0.2) is 41.4 Å². The number of carboxylic acids is 1. The minimum absolute atomic E-state index is 0.0509. The molecule has 10 heteroatoms. The summed E-state index contributed by atoms with van der Waals surface area (Å²) in [4.78, 5) is 51.6. The van der Waals surface area contributed by atoms with Crippen molar-refractivity contribution >= 4 is 45.3 Å². The number of anilines is 1. The minimum atomic E-state index is -1.55. The summed E-state index contributed by atoms with van der Waals surface area (Å²) >= 11 is 3.30. The van der Waals surface area contributed by atoms with Gasteiger partial charge in [-0.25, -0.2) is 4.90 Å². The lowest BCUT2D eigenvalue weighted by Gasteiger charge is -2.27. The molecule has 0 N–H and O–H groups in total. The lowest BCUT2D eigenvalue weighted by Crippen LogP contribution is -2.44. The number of carbonyl (C=O) groups excluding carboxylic acids is 4. The number of amides is 3. The van der Waals surface area contributed by atoms with Crippen molar-refractivity contribution < 1.29 is 33.8 Å². The number of fused-ring (bicyclic) bond motifs is 1. The van der Waals surface area contributed by atoms with Crippen molar-refractivity contribution in [3.05, 3.63) is 64.7 Å². The molecule has 2 aliphatic rings. The van der Waals surface area contributed by atoms with E-state index in [4.69, 9.17) is 9.47 Å². The van der Waals surface area contributed by atoms with Crippen LogP contribution in [0.4, 0.5) is 5.69 Å². The van der Waals surface area contributed by atoms with Crippen LogP contribution in [0.3, 0.4) is 0 Å². The first kappa shape index (κ1) is 21.6. The SMILES string of the molecule is O=C([O-])/C=C/C(=O)N(Cc1ccc2c(c1)OCO2)[C@H]1CC(=O)N(c2ccc(Br)cc2)C1=O. The molecule has 1 saturated heterocycles. The predicted molar refractivity (Wildman–Crippen MR) is 112 cm³/mol. The van der Waals surface area contributed by atoms with E-state index in [1.54, 1.807) is 42.5 Å². The summed E-state index contributed by atoms with van der Waals surface area (Å²) < 4.78 is 11.4. The molecule has 0 aliphatic carbocycles. The number of benzene rings is 2. The van der Waals surface area contributed by atoms with Gasteiger partial charge in [0.2, 0.25) is 18.6 Å². The smallest absolute Gasteiger partial charge is 0.257 e. The quantitative estimate of drug-likeness (QED) is 0.432. The Morgan fingerprint density at radius 3 is 2.53 bits per heavy atom. The number of rotatable bonds is 6. The Morgan fingerprint density at radius 1 is 1.09 bits per heavy atom. The maximum atomic E-state index is 13.2.